The number of aromatic hydroxyl groups is 1. The van der Waals surface area contributed by atoms with Gasteiger partial charge in [-0.05, 0) is 86.5 Å². The molecular formula is C28H24N2O5. The summed E-state index contributed by atoms with van der Waals surface area (Å²) in [7, 11) is 0. The molecule has 3 aromatic rings. The lowest BCUT2D eigenvalue weighted by atomic mass is 9.94. The van der Waals surface area contributed by atoms with Crippen LogP contribution in [0.2, 0.25) is 0 Å². The highest BCUT2D eigenvalue weighted by Crippen LogP contribution is 2.43. The molecule has 35 heavy (non-hydrogen) atoms. The van der Waals surface area contributed by atoms with Crippen molar-refractivity contribution in [2.24, 2.45) is 0 Å². The Bertz CT molecular complexity index is 1380. The fourth-order valence-corrected chi connectivity index (χ4v) is 4.14. The Balaban J connectivity index is 1.89. The second kappa shape index (κ2) is 9.35. The molecule has 4 rings (SSSR count). The molecule has 1 saturated heterocycles. The van der Waals surface area contributed by atoms with Crippen molar-refractivity contribution >= 4 is 23.1 Å². The van der Waals surface area contributed by atoms with Crippen LogP contribution in [0.4, 0.5) is 5.69 Å². The van der Waals surface area contributed by atoms with Crippen LogP contribution in [0.3, 0.4) is 0 Å². The molecule has 176 valence electrons. The number of Topliss-reactive ketones (excluding diaryl/α,β-unsaturated/α-hetero) is 1. The second-order valence-corrected chi connectivity index (χ2v) is 8.57. The van der Waals surface area contributed by atoms with Crippen molar-refractivity contribution in [3.05, 3.63) is 94.6 Å². The van der Waals surface area contributed by atoms with Gasteiger partial charge >= 0.3 is 0 Å². The van der Waals surface area contributed by atoms with Crippen molar-refractivity contribution < 1.29 is 24.5 Å². The van der Waals surface area contributed by atoms with Gasteiger partial charge in [-0.25, -0.2) is 0 Å². The molecule has 0 spiro atoms. The Kier molecular flexibility index (Phi) is 6.30. The zero-order chi connectivity index (χ0) is 25.3. The van der Waals surface area contributed by atoms with Gasteiger partial charge in [-0.15, -0.1) is 0 Å². The predicted octanol–water partition coefficient (Wildman–Crippen LogP) is 4.99. The summed E-state index contributed by atoms with van der Waals surface area (Å²) in [5, 5.41) is 30.5. The number of amides is 1. The second-order valence-electron chi connectivity index (χ2n) is 8.57. The van der Waals surface area contributed by atoms with Gasteiger partial charge in [0.1, 0.15) is 17.3 Å². The van der Waals surface area contributed by atoms with Crippen molar-refractivity contribution in [2.45, 2.75) is 32.9 Å². The predicted molar refractivity (Wildman–Crippen MR) is 131 cm³/mol. The molecule has 1 atom stereocenters. The molecule has 0 aromatic heterocycles. The summed E-state index contributed by atoms with van der Waals surface area (Å²) in [6, 6.07) is 18.5. The van der Waals surface area contributed by atoms with Gasteiger partial charge in [0, 0.05) is 11.3 Å². The van der Waals surface area contributed by atoms with Crippen LogP contribution in [-0.2, 0) is 9.59 Å². The monoisotopic (exact) mass is 468 g/mol. The highest BCUT2D eigenvalue weighted by atomic mass is 16.5. The van der Waals surface area contributed by atoms with E-state index in [4.69, 9.17) is 10.00 Å². The van der Waals surface area contributed by atoms with E-state index < -0.39 is 17.7 Å². The van der Waals surface area contributed by atoms with Crippen LogP contribution in [0.15, 0.2) is 72.3 Å². The Morgan fingerprint density at radius 3 is 2.37 bits per heavy atom. The third kappa shape index (κ3) is 4.46. The first-order valence-corrected chi connectivity index (χ1v) is 11.1. The Hall–Kier alpha value is -4.57. The molecule has 2 N–H and O–H groups in total. The highest BCUT2D eigenvalue weighted by molar-refractivity contribution is 6.51. The van der Waals surface area contributed by atoms with Gasteiger partial charge in [-0.1, -0.05) is 12.1 Å². The molecule has 1 aliphatic heterocycles. The maximum atomic E-state index is 13.2. The SMILES string of the molecule is Cc1cc(/C(O)=C2/C(=O)C(=O)N(c3ccc(C#N)cc3)C2c2cccc(O)c2)ccc1OC(C)C. The van der Waals surface area contributed by atoms with Gasteiger partial charge in [0.25, 0.3) is 11.7 Å². The normalized spacial score (nSPS) is 17.0. The van der Waals surface area contributed by atoms with Crippen molar-refractivity contribution in [3.63, 3.8) is 0 Å². The molecule has 0 radical (unpaired) electrons. The number of benzene rings is 3. The van der Waals surface area contributed by atoms with Crippen LogP contribution in [0, 0.1) is 18.3 Å². The summed E-state index contributed by atoms with van der Waals surface area (Å²) >= 11 is 0. The van der Waals surface area contributed by atoms with Crippen molar-refractivity contribution in [3.8, 4) is 17.6 Å². The van der Waals surface area contributed by atoms with Gasteiger partial charge in [0.05, 0.1) is 29.4 Å². The first kappa shape index (κ1) is 23.6. The molecule has 1 aliphatic rings. The molecule has 3 aromatic carbocycles. The van der Waals surface area contributed by atoms with E-state index in [-0.39, 0.29) is 23.2 Å². The first-order chi connectivity index (χ1) is 16.7. The summed E-state index contributed by atoms with van der Waals surface area (Å²) in [5.74, 6) is -1.38. The Morgan fingerprint density at radius 2 is 1.77 bits per heavy atom. The van der Waals surface area contributed by atoms with Crippen molar-refractivity contribution in [1.82, 2.24) is 0 Å². The number of carbonyl (C=O) groups excluding carboxylic acids is 2. The van der Waals surface area contributed by atoms with Crippen molar-refractivity contribution in [2.75, 3.05) is 4.90 Å². The van der Waals surface area contributed by atoms with Crippen LogP contribution in [0.1, 0.15) is 42.1 Å². The van der Waals surface area contributed by atoms with Crippen LogP contribution in [0.25, 0.3) is 5.76 Å². The topological polar surface area (TPSA) is 111 Å². The van der Waals surface area contributed by atoms with Crippen LogP contribution < -0.4 is 9.64 Å². The van der Waals surface area contributed by atoms with E-state index in [1.165, 1.54) is 17.0 Å². The van der Waals surface area contributed by atoms with Crippen LogP contribution in [-0.4, -0.2) is 28.0 Å². The number of ether oxygens (including phenoxy) is 1. The summed E-state index contributed by atoms with van der Waals surface area (Å²) in [4.78, 5) is 27.7. The average Bonchev–Trinajstić information content (AvgIpc) is 3.10. The number of hydrogen-bond acceptors (Lipinski definition) is 6. The quantitative estimate of drug-likeness (QED) is 0.310. The molecule has 1 unspecified atom stereocenters. The number of hydrogen-bond donors (Lipinski definition) is 2. The molecule has 0 saturated carbocycles. The fourth-order valence-electron chi connectivity index (χ4n) is 4.14. The lowest BCUT2D eigenvalue weighted by Gasteiger charge is -2.25. The largest absolute Gasteiger partial charge is 0.508 e. The van der Waals surface area contributed by atoms with Gasteiger partial charge < -0.3 is 14.9 Å². The first-order valence-electron chi connectivity index (χ1n) is 11.1. The number of anilines is 1. The van der Waals surface area contributed by atoms with Crippen molar-refractivity contribution in [1.29, 1.82) is 5.26 Å². The number of rotatable bonds is 5. The van der Waals surface area contributed by atoms with E-state index in [0.717, 1.165) is 5.56 Å². The summed E-state index contributed by atoms with van der Waals surface area (Å²) < 4.78 is 5.76. The van der Waals surface area contributed by atoms with E-state index in [2.05, 4.69) is 0 Å². The lowest BCUT2D eigenvalue weighted by molar-refractivity contribution is -0.132. The number of phenolic OH excluding ortho intramolecular Hbond substituents is 1. The summed E-state index contributed by atoms with van der Waals surface area (Å²) in [6.45, 7) is 5.65. The van der Waals surface area contributed by atoms with Gasteiger partial charge in [0.2, 0.25) is 0 Å². The number of aliphatic hydroxyl groups is 1. The molecule has 1 amide bonds. The average molecular weight is 469 g/mol. The molecule has 1 heterocycles. The van der Waals surface area contributed by atoms with E-state index in [0.29, 0.717) is 28.1 Å². The fraction of sp³-hybridized carbons (Fsp3) is 0.179. The highest BCUT2D eigenvalue weighted by Gasteiger charge is 2.47. The maximum Gasteiger partial charge on any atom is 0.300 e. The Labute approximate surface area is 203 Å². The summed E-state index contributed by atoms with van der Waals surface area (Å²) in [5.41, 5.74) is 2.27. The number of nitriles is 1. The molecular weight excluding hydrogens is 444 g/mol. The maximum absolute atomic E-state index is 13.2. The zero-order valence-electron chi connectivity index (χ0n) is 19.5. The molecule has 0 bridgehead atoms. The number of phenols is 1. The van der Waals surface area contributed by atoms with Crippen LogP contribution >= 0.6 is 0 Å². The Morgan fingerprint density at radius 1 is 1.06 bits per heavy atom. The number of nitrogens with zero attached hydrogens (tertiary/aromatic N) is 2. The standard InChI is InChI=1S/C28H24N2O5/c1-16(2)35-23-12-9-20(13-17(23)3)26(32)24-25(19-5-4-6-22(31)14-19)30(28(34)27(24)33)21-10-7-18(15-29)8-11-21/h4-14,16,25,31-32H,1-3H3/b26-24-. The van der Waals surface area contributed by atoms with E-state index >= 15 is 0 Å². The third-order valence-corrected chi connectivity index (χ3v) is 5.72. The zero-order valence-corrected chi connectivity index (χ0v) is 19.5. The molecule has 7 nitrogen and oxygen atoms in total. The van der Waals surface area contributed by atoms with Gasteiger partial charge in [-0.2, -0.15) is 5.26 Å². The number of aryl methyl sites for hydroxylation is 1. The minimum Gasteiger partial charge on any atom is -0.508 e. The molecule has 0 aliphatic carbocycles. The van der Waals surface area contributed by atoms with E-state index in [1.54, 1.807) is 54.6 Å². The number of aliphatic hydroxyl groups excluding tert-OH is 1. The van der Waals surface area contributed by atoms with E-state index in [9.17, 15) is 19.8 Å². The smallest absolute Gasteiger partial charge is 0.300 e. The number of carbonyl (C=O) groups is 2. The molecule has 7 heteroatoms. The van der Waals surface area contributed by atoms with E-state index in [1.807, 2.05) is 26.8 Å². The third-order valence-electron chi connectivity index (χ3n) is 5.72. The minimum atomic E-state index is -0.984. The lowest BCUT2D eigenvalue weighted by Crippen LogP contribution is -2.29. The van der Waals surface area contributed by atoms with Gasteiger partial charge in [0.15, 0.2) is 0 Å². The van der Waals surface area contributed by atoms with Gasteiger partial charge in [-0.3, -0.25) is 14.5 Å². The number of ketones is 1. The minimum absolute atomic E-state index is 0.0309. The van der Waals surface area contributed by atoms with Crippen LogP contribution in [0.5, 0.6) is 11.5 Å². The molecule has 1 fully saturated rings. The summed E-state index contributed by atoms with van der Waals surface area (Å²) in [6.07, 6.45) is -0.0309.